The summed E-state index contributed by atoms with van der Waals surface area (Å²) in [7, 11) is 0. The fraction of sp³-hybridized carbons (Fsp3) is 0.562. The van der Waals surface area contributed by atoms with Crippen LogP contribution in [0.25, 0.3) is 0 Å². The van der Waals surface area contributed by atoms with Crippen LogP contribution < -0.4 is 11.1 Å². The van der Waals surface area contributed by atoms with Crippen molar-refractivity contribution >= 4 is 5.91 Å². The van der Waals surface area contributed by atoms with Gasteiger partial charge in [0.2, 0.25) is 5.91 Å². The molecule has 0 saturated carbocycles. The van der Waals surface area contributed by atoms with Gasteiger partial charge in [-0.1, -0.05) is 29.8 Å². The number of amides is 1. The summed E-state index contributed by atoms with van der Waals surface area (Å²) in [6, 6.07) is 8.44. The monoisotopic (exact) mass is 273 g/mol. The molecule has 108 valence electrons. The highest BCUT2D eigenvalue weighted by molar-refractivity contribution is 5.83. The fourth-order valence-corrected chi connectivity index (χ4v) is 3.26. The van der Waals surface area contributed by atoms with Crippen molar-refractivity contribution < 1.29 is 4.79 Å². The topological polar surface area (TPSA) is 58.4 Å². The molecule has 0 aliphatic carbocycles. The molecule has 20 heavy (non-hydrogen) atoms. The number of hydrogen-bond donors (Lipinski definition) is 2. The molecule has 3 atom stereocenters. The first-order valence-corrected chi connectivity index (χ1v) is 7.50. The van der Waals surface area contributed by atoms with Gasteiger partial charge in [-0.25, -0.2) is 0 Å². The number of carbonyl (C=O) groups is 1. The van der Waals surface area contributed by atoms with Gasteiger partial charge in [-0.2, -0.15) is 0 Å². The molecular formula is C16H23N3O. The third-order valence-corrected chi connectivity index (χ3v) is 4.54. The summed E-state index contributed by atoms with van der Waals surface area (Å²) in [6.45, 7) is 3.66. The van der Waals surface area contributed by atoms with Crippen LogP contribution >= 0.6 is 0 Å². The number of nitrogens with zero attached hydrogens (tertiary/aromatic N) is 1. The third-order valence-electron chi connectivity index (χ3n) is 4.54. The van der Waals surface area contributed by atoms with Gasteiger partial charge in [0, 0.05) is 25.2 Å². The first-order valence-electron chi connectivity index (χ1n) is 7.50. The predicted molar refractivity (Wildman–Crippen MR) is 79.3 cm³/mol. The number of likely N-dealkylation sites (tertiary alicyclic amines) is 1. The number of hydrogen-bond acceptors (Lipinski definition) is 3. The molecule has 2 saturated heterocycles. The van der Waals surface area contributed by atoms with Gasteiger partial charge in [0.25, 0.3) is 0 Å². The molecule has 4 heteroatoms. The summed E-state index contributed by atoms with van der Waals surface area (Å²) in [6.07, 6.45) is 3.47. The van der Waals surface area contributed by atoms with Gasteiger partial charge in [-0.3, -0.25) is 4.79 Å². The quantitative estimate of drug-likeness (QED) is 0.855. The van der Waals surface area contributed by atoms with Crippen LogP contribution in [0, 0.1) is 6.92 Å². The maximum Gasteiger partial charge on any atom is 0.244 e. The van der Waals surface area contributed by atoms with E-state index in [9.17, 15) is 4.79 Å². The van der Waals surface area contributed by atoms with Crippen molar-refractivity contribution in [1.82, 2.24) is 10.2 Å². The van der Waals surface area contributed by atoms with Gasteiger partial charge >= 0.3 is 0 Å². The number of nitrogens with two attached hydrogens (primary N) is 1. The molecule has 3 N–H and O–H groups in total. The highest BCUT2D eigenvalue weighted by atomic mass is 16.2. The minimum atomic E-state index is -0.535. The van der Waals surface area contributed by atoms with Crippen LogP contribution in [0.4, 0.5) is 0 Å². The van der Waals surface area contributed by atoms with Gasteiger partial charge in [-0.05, 0) is 31.7 Å². The molecule has 0 radical (unpaired) electrons. The van der Waals surface area contributed by atoms with Crippen LogP contribution in [0.1, 0.15) is 36.4 Å². The van der Waals surface area contributed by atoms with Gasteiger partial charge in [-0.15, -0.1) is 0 Å². The summed E-state index contributed by atoms with van der Waals surface area (Å²) < 4.78 is 0. The van der Waals surface area contributed by atoms with E-state index in [1.807, 2.05) is 36.1 Å². The summed E-state index contributed by atoms with van der Waals surface area (Å²) in [5, 5.41) is 3.59. The molecule has 1 aromatic rings. The van der Waals surface area contributed by atoms with Crippen LogP contribution in [-0.2, 0) is 4.79 Å². The third kappa shape index (κ3) is 2.72. The molecule has 1 aromatic carbocycles. The number of fused-ring (bicyclic) bond motifs is 2. The van der Waals surface area contributed by atoms with E-state index in [4.69, 9.17) is 5.73 Å². The lowest BCUT2D eigenvalue weighted by molar-refractivity contribution is -0.133. The van der Waals surface area contributed by atoms with E-state index in [0.29, 0.717) is 12.1 Å². The summed E-state index contributed by atoms with van der Waals surface area (Å²) in [5.41, 5.74) is 8.25. The van der Waals surface area contributed by atoms with Gasteiger partial charge in [0.15, 0.2) is 0 Å². The Bertz CT molecular complexity index is 485. The normalized spacial score (nSPS) is 27.2. The molecule has 3 rings (SSSR count). The SMILES string of the molecule is Cc1ccc(C(N)C(=O)N2CCC3CCC(C2)N3)cc1. The summed E-state index contributed by atoms with van der Waals surface area (Å²) >= 11 is 0. The predicted octanol–water partition coefficient (Wildman–Crippen LogP) is 1.35. The molecule has 4 nitrogen and oxygen atoms in total. The largest absolute Gasteiger partial charge is 0.339 e. The first-order chi connectivity index (χ1) is 9.63. The standard InChI is InChI=1S/C16H23N3O/c1-11-2-4-12(5-3-11)15(17)16(20)19-9-8-13-6-7-14(10-19)18-13/h2-5,13-15,18H,6-10,17H2,1H3. The highest BCUT2D eigenvalue weighted by Gasteiger charge is 2.32. The van der Waals surface area contributed by atoms with Crippen molar-refractivity contribution in [1.29, 1.82) is 0 Å². The van der Waals surface area contributed by atoms with Crippen molar-refractivity contribution in [2.45, 2.75) is 44.3 Å². The molecule has 1 amide bonds. The van der Waals surface area contributed by atoms with Crippen LogP contribution in [0.2, 0.25) is 0 Å². The Morgan fingerprint density at radius 3 is 2.70 bits per heavy atom. The molecule has 2 bridgehead atoms. The summed E-state index contributed by atoms with van der Waals surface area (Å²) in [5.74, 6) is 0.0585. The molecule has 0 aromatic heterocycles. The number of nitrogens with one attached hydrogen (secondary N) is 1. The van der Waals surface area contributed by atoms with Crippen LogP contribution in [0.5, 0.6) is 0 Å². The average Bonchev–Trinajstić information content (AvgIpc) is 2.78. The van der Waals surface area contributed by atoms with Crippen molar-refractivity contribution in [3.05, 3.63) is 35.4 Å². The second-order valence-electron chi connectivity index (χ2n) is 6.10. The number of rotatable bonds is 2. The minimum absolute atomic E-state index is 0.0585. The van der Waals surface area contributed by atoms with E-state index in [2.05, 4.69) is 5.32 Å². The van der Waals surface area contributed by atoms with Gasteiger partial charge in [0.1, 0.15) is 6.04 Å². The average molecular weight is 273 g/mol. The number of aryl methyl sites for hydroxylation is 1. The van der Waals surface area contributed by atoms with Crippen molar-refractivity contribution in [2.75, 3.05) is 13.1 Å². The Hall–Kier alpha value is -1.39. The van der Waals surface area contributed by atoms with Crippen molar-refractivity contribution in [3.8, 4) is 0 Å². The van der Waals surface area contributed by atoms with Crippen molar-refractivity contribution in [2.24, 2.45) is 5.73 Å². The second kappa shape index (κ2) is 5.54. The Kier molecular flexibility index (Phi) is 3.76. The first kappa shape index (κ1) is 13.6. The Balaban J connectivity index is 1.70. The van der Waals surface area contributed by atoms with E-state index in [1.165, 1.54) is 18.4 Å². The highest BCUT2D eigenvalue weighted by Crippen LogP contribution is 2.22. The lowest BCUT2D eigenvalue weighted by Crippen LogP contribution is -2.43. The van der Waals surface area contributed by atoms with E-state index in [0.717, 1.165) is 25.1 Å². The van der Waals surface area contributed by atoms with Gasteiger partial charge < -0.3 is 16.0 Å². The van der Waals surface area contributed by atoms with E-state index in [-0.39, 0.29) is 5.91 Å². The molecule has 2 fully saturated rings. The zero-order chi connectivity index (χ0) is 14.1. The Morgan fingerprint density at radius 2 is 1.95 bits per heavy atom. The molecule has 3 unspecified atom stereocenters. The maximum atomic E-state index is 12.6. The minimum Gasteiger partial charge on any atom is -0.339 e. The molecule has 2 aliphatic heterocycles. The van der Waals surface area contributed by atoms with Crippen molar-refractivity contribution in [3.63, 3.8) is 0 Å². The van der Waals surface area contributed by atoms with Crippen LogP contribution in [0.3, 0.4) is 0 Å². The fourth-order valence-electron chi connectivity index (χ4n) is 3.26. The molecule has 2 heterocycles. The van der Waals surface area contributed by atoms with E-state index in [1.54, 1.807) is 0 Å². The zero-order valence-corrected chi connectivity index (χ0v) is 12.0. The smallest absolute Gasteiger partial charge is 0.244 e. The summed E-state index contributed by atoms with van der Waals surface area (Å²) in [4.78, 5) is 14.5. The van der Waals surface area contributed by atoms with Crippen LogP contribution in [-0.4, -0.2) is 36.0 Å². The van der Waals surface area contributed by atoms with E-state index < -0.39 is 6.04 Å². The van der Waals surface area contributed by atoms with Crippen LogP contribution in [0.15, 0.2) is 24.3 Å². The Morgan fingerprint density at radius 1 is 1.25 bits per heavy atom. The number of benzene rings is 1. The van der Waals surface area contributed by atoms with E-state index >= 15 is 0 Å². The molecule has 2 aliphatic rings. The van der Waals surface area contributed by atoms with Gasteiger partial charge in [0.05, 0.1) is 0 Å². The lowest BCUT2D eigenvalue weighted by atomic mass is 10.0. The Labute approximate surface area is 120 Å². The number of carbonyl (C=O) groups excluding carboxylic acids is 1. The maximum absolute atomic E-state index is 12.6. The zero-order valence-electron chi connectivity index (χ0n) is 12.0. The lowest BCUT2D eigenvalue weighted by Gasteiger charge is -2.27. The molecular weight excluding hydrogens is 250 g/mol. The second-order valence-corrected chi connectivity index (χ2v) is 6.10. The molecule has 0 spiro atoms.